The Labute approximate surface area is 112 Å². The smallest absolute Gasteiger partial charge is 0.337 e. The SMILES string of the molecule is CNc1ncnc(-c2ccc(C)c(F)c2F)c1[N+](=O)[O-]. The topological polar surface area (TPSA) is 81.0 Å². The fourth-order valence-electron chi connectivity index (χ4n) is 1.76. The molecule has 0 spiro atoms. The molecule has 1 N–H and O–H groups in total. The number of nitrogens with one attached hydrogen (secondary N) is 1. The van der Waals surface area contributed by atoms with Gasteiger partial charge in [-0.05, 0) is 18.6 Å². The fourth-order valence-corrected chi connectivity index (χ4v) is 1.76. The van der Waals surface area contributed by atoms with Crippen molar-refractivity contribution < 1.29 is 13.7 Å². The molecule has 6 nitrogen and oxygen atoms in total. The van der Waals surface area contributed by atoms with Crippen molar-refractivity contribution in [1.82, 2.24) is 9.97 Å². The summed E-state index contributed by atoms with van der Waals surface area (Å²) in [5.74, 6) is -2.30. The van der Waals surface area contributed by atoms with E-state index in [1.54, 1.807) is 0 Å². The summed E-state index contributed by atoms with van der Waals surface area (Å²) in [6.07, 6.45) is 1.05. The van der Waals surface area contributed by atoms with E-state index in [9.17, 15) is 18.9 Å². The van der Waals surface area contributed by atoms with Crippen molar-refractivity contribution in [2.75, 3.05) is 12.4 Å². The standard InChI is InChI=1S/C12H10F2N4O2/c1-6-3-4-7(9(14)8(6)13)10-11(18(19)20)12(15-2)17-5-16-10/h3-5H,1-2H3,(H,15,16,17). The van der Waals surface area contributed by atoms with Gasteiger partial charge in [-0.1, -0.05) is 6.07 Å². The summed E-state index contributed by atoms with van der Waals surface area (Å²) >= 11 is 0. The number of hydrogen-bond acceptors (Lipinski definition) is 5. The van der Waals surface area contributed by atoms with E-state index in [1.165, 1.54) is 26.1 Å². The zero-order valence-electron chi connectivity index (χ0n) is 10.6. The Hall–Kier alpha value is -2.64. The lowest BCUT2D eigenvalue weighted by Crippen LogP contribution is -2.04. The summed E-state index contributed by atoms with van der Waals surface area (Å²) < 4.78 is 27.5. The van der Waals surface area contributed by atoms with Gasteiger partial charge in [0.05, 0.1) is 4.92 Å². The molecule has 0 bridgehead atoms. The molecule has 1 heterocycles. The van der Waals surface area contributed by atoms with Crippen LogP contribution in [0.4, 0.5) is 20.3 Å². The van der Waals surface area contributed by atoms with E-state index in [4.69, 9.17) is 0 Å². The Morgan fingerprint density at radius 3 is 2.55 bits per heavy atom. The Morgan fingerprint density at radius 1 is 1.25 bits per heavy atom. The maximum Gasteiger partial charge on any atom is 0.337 e. The summed E-state index contributed by atoms with van der Waals surface area (Å²) in [6, 6.07) is 2.58. The zero-order chi connectivity index (χ0) is 14.9. The van der Waals surface area contributed by atoms with Crippen molar-refractivity contribution in [2.24, 2.45) is 0 Å². The van der Waals surface area contributed by atoms with Crippen molar-refractivity contribution in [3.05, 3.63) is 45.8 Å². The number of hydrogen-bond donors (Lipinski definition) is 1. The number of rotatable bonds is 3. The average Bonchev–Trinajstić information content (AvgIpc) is 2.44. The molecule has 8 heteroatoms. The van der Waals surface area contributed by atoms with E-state index in [1.807, 2.05) is 0 Å². The third kappa shape index (κ3) is 2.15. The normalized spacial score (nSPS) is 10.4. The predicted octanol–water partition coefficient (Wildman–Crippen LogP) is 2.68. The maximum absolute atomic E-state index is 13.9. The van der Waals surface area contributed by atoms with E-state index in [0.717, 1.165) is 6.33 Å². The number of benzene rings is 1. The minimum Gasteiger partial charge on any atom is -0.367 e. The number of halogens is 2. The third-order valence-electron chi connectivity index (χ3n) is 2.77. The monoisotopic (exact) mass is 280 g/mol. The van der Waals surface area contributed by atoms with Gasteiger partial charge in [-0.25, -0.2) is 18.7 Å². The minimum atomic E-state index is -1.17. The van der Waals surface area contributed by atoms with Gasteiger partial charge >= 0.3 is 5.69 Å². The van der Waals surface area contributed by atoms with Gasteiger partial charge in [-0.2, -0.15) is 0 Å². The highest BCUT2D eigenvalue weighted by molar-refractivity contribution is 5.77. The van der Waals surface area contributed by atoms with Crippen LogP contribution in [0.5, 0.6) is 0 Å². The van der Waals surface area contributed by atoms with Gasteiger partial charge in [0.25, 0.3) is 0 Å². The average molecular weight is 280 g/mol. The molecule has 0 amide bonds. The largest absolute Gasteiger partial charge is 0.367 e. The van der Waals surface area contributed by atoms with Crippen molar-refractivity contribution >= 4 is 11.5 Å². The molecule has 0 aliphatic heterocycles. The van der Waals surface area contributed by atoms with Gasteiger partial charge in [0.15, 0.2) is 17.3 Å². The Kier molecular flexibility index (Phi) is 3.55. The Balaban J connectivity index is 2.77. The highest BCUT2D eigenvalue weighted by atomic mass is 19.2. The fraction of sp³-hybridized carbons (Fsp3) is 0.167. The van der Waals surface area contributed by atoms with Gasteiger partial charge in [0.1, 0.15) is 6.33 Å². The summed E-state index contributed by atoms with van der Waals surface area (Å²) in [5, 5.41) is 13.6. The van der Waals surface area contributed by atoms with E-state index in [-0.39, 0.29) is 22.6 Å². The number of nitrogens with zero attached hydrogens (tertiary/aromatic N) is 3. The Bertz CT molecular complexity index is 691. The molecule has 0 radical (unpaired) electrons. The molecular weight excluding hydrogens is 270 g/mol. The first kappa shape index (κ1) is 13.8. The molecule has 0 unspecified atom stereocenters. The zero-order valence-corrected chi connectivity index (χ0v) is 10.6. The third-order valence-corrected chi connectivity index (χ3v) is 2.77. The Morgan fingerprint density at radius 2 is 1.95 bits per heavy atom. The van der Waals surface area contributed by atoms with Crippen LogP contribution >= 0.6 is 0 Å². The molecule has 0 aliphatic carbocycles. The predicted molar refractivity (Wildman–Crippen MR) is 68.3 cm³/mol. The van der Waals surface area contributed by atoms with Gasteiger partial charge in [0.2, 0.25) is 5.82 Å². The molecule has 0 saturated carbocycles. The van der Waals surface area contributed by atoms with Crippen molar-refractivity contribution in [2.45, 2.75) is 6.92 Å². The molecule has 0 saturated heterocycles. The molecule has 1 aromatic heterocycles. The molecule has 0 atom stereocenters. The molecule has 2 rings (SSSR count). The van der Waals surface area contributed by atoms with Crippen molar-refractivity contribution in [3.8, 4) is 11.3 Å². The summed E-state index contributed by atoms with van der Waals surface area (Å²) in [4.78, 5) is 17.8. The van der Waals surface area contributed by atoms with E-state index < -0.39 is 22.2 Å². The molecule has 1 aromatic carbocycles. The summed E-state index contributed by atoms with van der Waals surface area (Å²) in [7, 11) is 1.44. The first-order chi connectivity index (χ1) is 9.47. The first-order valence-corrected chi connectivity index (χ1v) is 5.59. The van der Waals surface area contributed by atoms with E-state index in [0.29, 0.717) is 0 Å². The lowest BCUT2D eigenvalue weighted by Gasteiger charge is -2.08. The molecular formula is C12H10F2N4O2. The number of aromatic nitrogens is 2. The van der Waals surface area contributed by atoms with E-state index in [2.05, 4.69) is 15.3 Å². The molecule has 2 aromatic rings. The number of anilines is 1. The highest BCUT2D eigenvalue weighted by Crippen LogP contribution is 2.34. The molecule has 104 valence electrons. The van der Waals surface area contributed by atoms with Crippen LogP contribution in [0, 0.1) is 28.7 Å². The highest BCUT2D eigenvalue weighted by Gasteiger charge is 2.26. The molecule has 0 fully saturated rings. The quantitative estimate of drug-likeness (QED) is 0.690. The van der Waals surface area contributed by atoms with Crippen LogP contribution in [0.2, 0.25) is 0 Å². The van der Waals surface area contributed by atoms with Crippen LogP contribution in [-0.2, 0) is 0 Å². The second-order valence-electron chi connectivity index (χ2n) is 3.98. The van der Waals surface area contributed by atoms with E-state index >= 15 is 0 Å². The number of nitro groups is 1. The van der Waals surface area contributed by atoms with Gasteiger partial charge in [0, 0.05) is 12.6 Å². The molecule has 0 aliphatic rings. The van der Waals surface area contributed by atoms with Crippen molar-refractivity contribution in [3.63, 3.8) is 0 Å². The van der Waals surface area contributed by atoms with Gasteiger partial charge in [-0.3, -0.25) is 10.1 Å². The maximum atomic E-state index is 13.9. The molecule has 20 heavy (non-hydrogen) atoms. The minimum absolute atomic E-state index is 0.0691. The summed E-state index contributed by atoms with van der Waals surface area (Å²) in [5.41, 5.74) is -0.946. The van der Waals surface area contributed by atoms with Gasteiger partial charge < -0.3 is 5.32 Å². The van der Waals surface area contributed by atoms with Crippen molar-refractivity contribution in [1.29, 1.82) is 0 Å². The van der Waals surface area contributed by atoms with Gasteiger partial charge in [-0.15, -0.1) is 0 Å². The van der Waals surface area contributed by atoms with Crippen LogP contribution in [0.15, 0.2) is 18.5 Å². The van der Waals surface area contributed by atoms with Crippen LogP contribution < -0.4 is 5.32 Å². The second kappa shape index (κ2) is 5.16. The van der Waals surface area contributed by atoms with Crippen LogP contribution in [0.1, 0.15) is 5.56 Å². The lowest BCUT2D eigenvalue weighted by atomic mass is 10.1. The number of aryl methyl sites for hydroxylation is 1. The lowest BCUT2D eigenvalue weighted by molar-refractivity contribution is -0.383. The first-order valence-electron chi connectivity index (χ1n) is 5.59. The second-order valence-corrected chi connectivity index (χ2v) is 3.98. The van der Waals surface area contributed by atoms with Crippen LogP contribution in [-0.4, -0.2) is 21.9 Å². The van der Waals surface area contributed by atoms with Crippen LogP contribution in [0.25, 0.3) is 11.3 Å². The van der Waals surface area contributed by atoms with Crippen LogP contribution in [0.3, 0.4) is 0 Å². The summed E-state index contributed by atoms with van der Waals surface area (Å²) in [6.45, 7) is 1.40.